The Bertz CT molecular complexity index is 814. The molecule has 0 atom stereocenters. The number of para-hydroxylation sites is 1. The molecule has 6 nitrogen and oxygen atoms in total. The molecule has 0 unspecified atom stereocenters. The summed E-state index contributed by atoms with van der Waals surface area (Å²) in [4.78, 5) is 22.3. The normalized spacial score (nSPS) is 11.6. The fraction of sp³-hybridized carbons (Fsp3) is 0.188. The minimum Gasteiger partial charge on any atom is -0.350 e. The second kappa shape index (κ2) is 5.85. The molecule has 112 valence electrons. The topological polar surface area (TPSA) is 85.9 Å². The third-order valence-corrected chi connectivity index (χ3v) is 3.44. The minimum absolute atomic E-state index is 0.230. The first-order chi connectivity index (χ1) is 10.7. The standard InChI is InChI=1S/C16H17N5O/c1-10(2)14-12-5-3-4-6-13(12)20-15(14)16(22)21-19-8-11-7-17-9-18-11/h3-10,20H,1-2H3,(H,17,18)(H,21,22)/b19-8-. The summed E-state index contributed by atoms with van der Waals surface area (Å²) in [7, 11) is 0. The lowest BCUT2D eigenvalue weighted by molar-refractivity contribution is 0.0949. The molecule has 0 aliphatic carbocycles. The van der Waals surface area contributed by atoms with Crippen molar-refractivity contribution in [3.8, 4) is 0 Å². The summed E-state index contributed by atoms with van der Waals surface area (Å²) in [5.41, 5.74) is 5.78. The van der Waals surface area contributed by atoms with Gasteiger partial charge >= 0.3 is 0 Å². The third kappa shape index (κ3) is 2.63. The second-order valence-electron chi connectivity index (χ2n) is 5.32. The number of imidazole rings is 1. The number of hydrogen-bond acceptors (Lipinski definition) is 3. The van der Waals surface area contributed by atoms with Crippen molar-refractivity contribution in [3.63, 3.8) is 0 Å². The number of hydrazone groups is 1. The molecule has 0 radical (unpaired) electrons. The van der Waals surface area contributed by atoms with Crippen molar-refractivity contribution in [2.24, 2.45) is 5.10 Å². The average Bonchev–Trinajstić information content (AvgIpc) is 3.13. The largest absolute Gasteiger partial charge is 0.350 e. The fourth-order valence-electron chi connectivity index (χ4n) is 2.50. The highest BCUT2D eigenvalue weighted by Crippen LogP contribution is 2.28. The first-order valence-corrected chi connectivity index (χ1v) is 7.09. The smallest absolute Gasteiger partial charge is 0.288 e. The molecule has 0 aliphatic rings. The van der Waals surface area contributed by atoms with E-state index in [1.807, 2.05) is 24.3 Å². The van der Waals surface area contributed by atoms with Gasteiger partial charge in [-0.3, -0.25) is 4.79 Å². The summed E-state index contributed by atoms with van der Waals surface area (Å²) in [6.07, 6.45) is 4.69. The average molecular weight is 295 g/mol. The van der Waals surface area contributed by atoms with E-state index in [1.165, 1.54) is 6.21 Å². The van der Waals surface area contributed by atoms with Gasteiger partial charge < -0.3 is 9.97 Å². The van der Waals surface area contributed by atoms with Crippen LogP contribution >= 0.6 is 0 Å². The van der Waals surface area contributed by atoms with Gasteiger partial charge in [-0.15, -0.1) is 0 Å². The Labute approximate surface area is 127 Å². The number of benzene rings is 1. The molecule has 0 spiro atoms. The van der Waals surface area contributed by atoms with Crippen LogP contribution in [0.1, 0.15) is 41.5 Å². The Morgan fingerprint density at radius 3 is 2.91 bits per heavy atom. The number of amides is 1. The highest BCUT2D eigenvalue weighted by Gasteiger charge is 2.19. The zero-order valence-corrected chi connectivity index (χ0v) is 12.4. The minimum atomic E-state index is -0.254. The molecule has 3 N–H and O–H groups in total. The van der Waals surface area contributed by atoms with Gasteiger partial charge in [-0.2, -0.15) is 5.10 Å². The summed E-state index contributed by atoms with van der Waals surface area (Å²) in [6, 6.07) is 7.90. The molecule has 1 amide bonds. The Balaban J connectivity index is 1.88. The van der Waals surface area contributed by atoms with Crippen LogP contribution in [0, 0.1) is 0 Å². The first-order valence-electron chi connectivity index (χ1n) is 7.09. The van der Waals surface area contributed by atoms with Gasteiger partial charge in [0.15, 0.2) is 0 Å². The highest BCUT2D eigenvalue weighted by molar-refractivity contribution is 6.01. The molecule has 0 bridgehead atoms. The second-order valence-corrected chi connectivity index (χ2v) is 5.32. The number of nitrogens with zero attached hydrogens (tertiary/aromatic N) is 2. The van der Waals surface area contributed by atoms with Crippen molar-refractivity contribution in [1.29, 1.82) is 0 Å². The van der Waals surface area contributed by atoms with Crippen LogP contribution in [-0.2, 0) is 0 Å². The van der Waals surface area contributed by atoms with E-state index >= 15 is 0 Å². The van der Waals surface area contributed by atoms with Crippen LogP contribution in [0.5, 0.6) is 0 Å². The predicted molar refractivity (Wildman–Crippen MR) is 86.0 cm³/mol. The van der Waals surface area contributed by atoms with Crippen LogP contribution in [0.25, 0.3) is 10.9 Å². The number of hydrogen-bond donors (Lipinski definition) is 3. The van der Waals surface area contributed by atoms with E-state index < -0.39 is 0 Å². The van der Waals surface area contributed by atoms with Gasteiger partial charge in [-0.05, 0) is 17.5 Å². The highest BCUT2D eigenvalue weighted by atomic mass is 16.2. The molecule has 0 fully saturated rings. The van der Waals surface area contributed by atoms with E-state index in [-0.39, 0.29) is 11.8 Å². The molecule has 0 saturated heterocycles. The van der Waals surface area contributed by atoms with Crippen molar-refractivity contribution < 1.29 is 4.79 Å². The Morgan fingerprint density at radius 1 is 1.36 bits per heavy atom. The summed E-state index contributed by atoms with van der Waals surface area (Å²) in [5, 5.41) is 5.01. The maximum Gasteiger partial charge on any atom is 0.288 e. The fourth-order valence-corrected chi connectivity index (χ4v) is 2.50. The van der Waals surface area contributed by atoms with Crippen LogP contribution in [0.3, 0.4) is 0 Å². The van der Waals surface area contributed by atoms with Gasteiger partial charge in [0, 0.05) is 10.9 Å². The molecular formula is C16H17N5O. The zero-order valence-electron chi connectivity index (χ0n) is 12.4. The van der Waals surface area contributed by atoms with E-state index in [0.29, 0.717) is 5.69 Å². The summed E-state index contributed by atoms with van der Waals surface area (Å²) < 4.78 is 0. The van der Waals surface area contributed by atoms with Crippen molar-refractivity contribution >= 4 is 23.0 Å². The molecule has 3 aromatic rings. The number of H-pyrrole nitrogens is 2. The molecule has 6 heteroatoms. The van der Waals surface area contributed by atoms with Crippen LogP contribution in [0.4, 0.5) is 0 Å². The van der Waals surface area contributed by atoms with Crippen molar-refractivity contribution in [1.82, 2.24) is 20.4 Å². The van der Waals surface area contributed by atoms with E-state index in [2.05, 4.69) is 39.3 Å². The molecule has 2 heterocycles. The maximum atomic E-state index is 12.4. The number of rotatable bonds is 4. The van der Waals surface area contributed by atoms with E-state index in [9.17, 15) is 4.79 Å². The van der Waals surface area contributed by atoms with Gasteiger partial charge in [0.25, 0.3) is 5.91 Å². The Hall–Kier alpha value is -2.89. The summed E-state index contributed by atoms with van der Waals surface area (Å²) >= 11 is 0. The van der Waals surface area contributed by atoms with Gasteiger partial charge in [-0.1, -0.05) is 32.0 Å². The van der Waals surface area contributed by atoms with E-state index in [0.717, 1.165) is 22.2 Å². The molecule has 0 saturated carbocycles. The summed E-state index contributed by atoms with van der Waals surface area (Å²) in [5.74, 6) is -0.0239. The SMILES string of the molecule is CC(C)c1c(C(=O)N/N=C\c2cnc[nH]2)[nH]c2ccccc12. The predicted octanol–water partition coefficient (Wildman–Crippen LogP) is 2.78. The molecule has 1 aromatic carbocycles. The number of aromatic amines is 2. The number of carbonyl (C=O) groups excluding carboxylic acids is 1. The molecular weight excluding hydrogens is 278 g/mol. The van der Waals surface area contributed by atoms with Gasteiger partial charge in [-0.25, -0.2) is 10.4 Å². The number of fused-ring (bicyclic) bond motifs is 1. The quantitative estimate of drug-likeness (QED) is 0.510. The lowest BCUT2D eigenvalue weighted by atomic mass is 9.99. The monoisotopic (exact) mass is 295 g/mol. The van der Waals surface area contributed by atoms with E-state index in [4.69, 9.17) is 0 Å². The van der Waals surface area contributed by atoms with Crippen molar-refractivity contribution in [2.75, 3.05) is 0 Å². The molecule has 22 heavy (non-hydrogen) atoms. The number of aromatic nitrogens is 3. The van der Waals surface area contributed by atoms with Gasteiger partial charge in [0.05, 0.1) is 24.4 Å². The Kier molecular flexibility index (Phi) is 3.74. The molecule has 0 aliphatic heterocycles. The first kappa shape index (κ1) is 14.1. The Morgan fingerprint density at radius 2 is 2.18 bits per heavy atom. The van der Waals surface area contributed by atoms with Crippen LogP contribution in [-0.4, -0.2) is 27.1 Å². The van der Waals surface area contributed by atoms with Crippen LogP contribution in [0.2, 0.25) is 0 Å². The number of nitrogens with one attached hydrogen (secondary N) is 3. The molecule has 2 aromatic heterocycles. The lowest BCUT2D eigenvalue weighted by Crippen LogP contribution is -2.19. The van der Waals surface area contributed by atoms with Gasteiger partial charge in [0.1, 0.15) is 5.69 Å². The van der Waals surface area contributed by atoms with Crippen LogP contribution in [0.15, 0.2) is 41.9 Å². The van der Waals surface area contributed by atoms with Crippen molar-refractivity contribution in [3.05, 3.63) is 53.7 Å². The van der Waals surface area contributed by atoms with Gasteiger partial charge in [0.2, 0.25) is 0 Å². The van der Waals surface area contributed by atoms with Crippen molar-refractivity contribution in [2.45, 2.75) is 19.8 Å². The third-order valence-electron chi connectivity index (χ3n) is 3.44. The summed E-state index contributed by atoms with van der Waals surface area (Å²) in [6.45, 7) is 4.14. The van der Waals surface area contributed by atoms with E-state index in [1.54, 1.807) is 12.5 Å². The zero-order chi connectivity index (χ0) is 15.5. The molecule has 3 rings (SSSR count). The number of carbonyl (C=O) groups is 1. The van der Waals surface area contributed by atoms with Crippen LogP contribution < -0.4 is 5.43 Å². The lowest BCUT2D eigenvalue weighted by Gasteiger charge is -2.06. The maximum absolute atomic E-state index is 12.4.